The van der Waals surface area contributed by atoms with Gasteiger partial charge < -0.3 is 9.84 Å². The van der Waals surface area contributed by atoms with Crippen molar-refractivity contribution >= 4 is 33.7 Å². The Bertz CT molecular complexity index is 430. The molecule has 98 valence electrons. The number of hydrogen-bond acceptors (Lipinski definition) is 3. The quantitative estimate of drug-likeness (QED) is 0.853. The third-order valence-corrected chi connectivity index (χ3v) is 4.55. The number of ether oxygens (including phenoxy) is 1. The van der Waals surface area contributed by atoms with Crippen LogP contribution in [0, 0.1) is 0 Å². The summed E-state index contributed by atoms with van der Waals surface area (Å²) in [6.07, 6.45) is 3.67. The van der Waals surface area contributed by atoms with Crippen LogP contribution in [0.25, 0.3) is 0 Å². The molecule has 1 saturated heterocycles. The number of halogens is 1. The number of benzene rings is 1. The minimum Gasteiger partial charge on any atom is -0.478 e. The fraction of sp³-hybridized carbons (Fsp3) is 0.462. The van der Waals surface area contributed by atoms with E-state index in [-0.39, 0.29) is 6.10 Å². The van der Waals surface area contributed by atoms with E-state index in [1.807, 2.05) is 6.07 Å². The molecule has 0 bridgehead atoms. The summed E-state index contributed by atoms with van der Waals surface area (Å²) in [5.41, 5.74) is 0.360. The van der Waals surface area contributed by atoms with Crippen molar-refractivity contribution in [2.24, 2.45) is 0 Å². The van der Waals surface area contributed by atoms with E-state index >= 15 is 0 Å². The molecule has 0 aromatic heterocycles. The molecule has 1 fully saturated rings. The standard InChI is InChI=1S/C13H15BrO3S/c14-9-4-5-11(13(15)16)12(7-9)18-8-10-3-1-2-6-17-10/h4-5,7,10H,1-3,6,8H2,(H,15,16). The van der Waals surface area contributed by atoms with Crippen LogP contribution in [0.3, 0.4) is 0 Å². The number of carboxylic acid groups (broad SMARTS) is 1. The Balaban J connectivity index is 2.03. The zero-order valence-electron chi connectivity index (χ0n) is 9.89. The summed E-state index contributed by atoms with van der Waals surface area (Å²) in [5, 5.41) is 9.13. The molecular formula is C13H15BrO3S. The van der Waals surface area contributed by atoms with E-state index in [0.29, 0.717) is 5.56 Å². The highest BCUT2D eigenvalue weighted by molar-refractivity contribution is 9.10. The molecule has 1 heterocycles. The topological polar surface area (TPSA) is 46.5 Å². The Morgan fingerprint density at radius 1 is 1.50 bits per heavy atom. The van der Waals surface area contributed by atoms with E-state index in [4.69, 9.17) is 9.84 Å². The number of rotatable bonds is 4. The maximum absolute atomic E-state index is 11.1. The highest BCUT2D eigenvalue weighted by Crippen LogP contribution is 2.29. The van der Waals surface area contributed by atoms with Gasteiger partial charge in [0.15, 0.2) is 0 Å². The van der Waals surface area contributed by atoms with Gasteiger partial charge in [0.1, 0.15) is 0 Å². The molecule has 1 unspecified atom stereocenters. The molecule has 0 radical (unpaired) electrons. The van der Waals surface area contributed by atoms with Crippen molar-refractivity contribution in [1.82, 2.24) is 0 Å². The number of aromatic carboxylic acids is 1. The Hall–Kier alpha value is -0.520. The van der Waals surface area contributed by atoms with Gasteiger partial charge in [0.25, 0.3) is 0 Å². The first-order valence-corrected chi connectivity index (χ1v) is 7.72. The zero-order chi connectivity index (χ0) is 13.0. The third-order valence-electron chi connectivity index (χ3n) is 2.87. The predicted molar refractivity (Wildman–Crippen MR) is 75.4 cm³/mol. The van der Waals surface area contributed by atoms with Crippen LogP contribution in [0.5, 0.6) is 0 Å². The van der Waals surface area contributed by atoms with E-state index in [1.165, 1.54) is 6.42 Å². The molecule has 1 atom stereocenters. The molecule has 0 spiro atoms. The summed E-state index contributed by atoms with van der Waals surface area (Å²) in [4.78, 5) is 11.9. The smallest absolute Gasteiger partial charge is 0.336 e. The molecule has 5 heteroatoms. The van der Waals surface area contributed by atoms with Crippen LogP contribution in [-0.2, 0) is 4.74 Å². The predicted octanol–water partition coefficient (Wildman–Crippen LogP) is 3.81. The summed E-state index contributed by atoms with van der Waals surface area (Å²) >= 11 is 4.93. The molecule has 1 N–H and O–H groups in total. The first-order valence-electron chi connectivity index (χ1n) is 5.94. The molecule has 1 aromatic rings. The van der Waals surface area contributed by atoms with Crippen LogP contribution in [0.1, 0.15) is 29.6 Å². The molecule has 0 saturated carbocycles. The maximum atomic E-state index is 11.1. The number of carbonyl (C=O) groups is 1. The van der Waals surface area contributed by atoms with Crippen LogP contribution in [-0.4, -0.2) is 29.5 Å². The molecule has 0 amide bonds. The first kappa shape index (κ1) is 13.9. The van der Waals surface area contributed by atoms with Gasteiger partial charge >= 0.3 is 5.97 Å². The van der Waals surface area contributed by atoms with Gasteiger partial charge in [-0.3, -0.25) is 0 Å². The lowest BCUT2D eigenvalue weighted by Gasteiger charge is -2.22. The SMILES string of the molecule is O=C(O)c1ccc(Br)cc1SCC1CCCCO1. The van der Waals surface area contributed by atoms with Gasteiger partial charge in [0.05, 0.1) is 11.7 Å². The average molecular weight is 331 g/mol. The molecule has 2 rings (SSSR count). The lowest BCUT2D eigenvalue weighted by molar-refractivity contribution is 0.0315. The first-order chi connectivity index (χ1) is 8.66. The van der Waals surface area contributed by atoms with Crippen molar-refractivity contribution in [3.63, 3.8) is 0 Å². The number of thioether (sulfide) groups is 1. The third kappa shape index (κ3) is 3.73. The highest BCUT2D eigenvalue weighted by atomic mass is 79.9. The summed E-state index contributed by atoms with van der Waals surface area (Å²) in [7, 11) is 0. The normalized spacial score (nSPS) is 19.7. The molecule has 1 aliphatic heterocycles. The van der Waals surface area contributed by atoms with E-state index in [2.05, 4.69) is 15.9 Å². The zero-order valence-corrected chi connectivity index (χ0v) is 12.3. The van der Waals surface area contributed by atoms with E-state index in [9.17, 15) is 4.79 Å². The van der Waals surface area contributed by atoms with Gasteiger partial charge in [-0.15, -0.1) is 11.8 Å². The van der Waals surface area contributed by atoms with Gasteiger partial charge in [-0.05, 0) is 37.5 Å². The number of hydrogen-bond donors (Lipinski definition) is 1. The Kier molecular flexibility index (Phi) is 5.09. The lowest BCUT2D eigenvalue weighted by atomic mass is 10.1. The fourth-order valence-corrected chi connectivity index (χ4v) is 3.58. The van der Waals surface area contributed by atoms with Crippen LogP contribution in [0.4, 0.5) is 0 Å². The van der Waals surface area contributed by atoms with Crippen molar-refractivity contribution in [2.75, 3.05) is 12.4 Å². The van der Waals surface area contributed by atoms with Crippen molar-refractivity contribution < 1.29 is 14.6 Å². The van der Waals surface area contributed by atoms with Gasteiger partial charge in [-0.1, -0.05) is 15.9 Å². The second kappa shape index (κ2) is 6.59. The fourth-order valence-electron chi connectivity index (χ4n) is 1.91. The van der Waals surface area contributed by atoms with Crippen LogP contribution in [0.15, 0.2) is 27.6 Å². The molecular weight excluding hydrogens is 316 g/mol. The summed E-state index contributed by atoms with van der Waals surface area (Å²) in [6.45, 7) is 0.829. The average Bonchev–Trinajstić information content (AvgIpc) is 2.37. The van der Waals surface area contributed by atoms with Crippen LogP contribution in [0.2, 0.25) is 0 Å². The highest BCUT2D eigenvalue weighted by Gasteiger charge is 2.16. The van der Waals surface area contributed by atoms with E-state index in [1.54, 1.807) is 23.9 Å². The second-order valence-electron chi connectivity index (χ2n) is 4.25. The van der Waals surface area contributed by atoms with E-state index in [0.717, 1.165) is 34.6 Å². The second-order valence-corrected chi connectivity index (χ2v) is 6.22. The summed E-state index contributed by atoms with van der Waals surface area (Å²) in [6, 6.07) is 5.25. The molecule has 0 aliphatic carbocycles. The molecule has 1 aliphatic rings. The van der Waals surface area contributed by atoms with Crippen molar-refractivity contribution in [3.8, 4) is 0 Å². The minimum atomic E-state index is -0.880. The van der Waals surface area contributed by atoms with Gasteiger partial charge in [-0.25, -0.2) is 4.79 Å². The monoisotopic (exact) mass is 330 g/mol. The van der Waals surface area contributed by atoms with Gasteiger partial charge in [0, 0.05) is 21.7 Å². The molecule has 18 heavy (non-hydrogen) atoms. The Morgan fingerprint density at radius 2 is 2.33 bits per heavy atom. The van der Waals surface area contributed by atoms with Gasteiger partial charge in [-0.2, -0.15) is 0 Å². The lowest BCUT2D eigenvalue weighted by Crippen LogP contribution is -2.21. The molecule has 3 nitrogen and oxygen atoms in total. The van der Waals surface area contributed by atoms with Crippen molar-refractivity contribution in [1.29, 1.82) is 0 Å². The summed E-state index contributed by atoms with van der Waals surface area (Å²) in [5.74, 6) is -0.0638. The van der Waals surface area contributed by atoms with Crippen molar-refractivity contribution in [3.05, 3.63) is 28.2 Å². The summed E-state index contributed by atoms with van der Waals surface area (Å²) < 4.78 is 6.55. The van der Waals surface area contributed by atoms with E-state index < -0.39 is 5.97 Å². The van der Waals surface area contributed by atoms with Crippen LogP contribution >= 0.6 is 27.7 Å². The Labute approximate surface area is 119 Å². The van der Waals surface area contributed by atoms with Crippen molar-refractivity contribution in [2.45, 2.75) is 30.3 Å². The van der Waals surface area contributed by atoms with Crippen LogP contribution < -0.4 is 0 Å². The molecule has 1 aromatic carbocycles. The van der Waals surface area contributed by atoms with Gasteiger partial charge in [0.2, 0.25) is 0 Å². The minimum absolute atomic E-state index is 0.254. The largest absolute Gasteiger partial charge is 0.478 e. The maximum Gasteiger partial charge on any atom is 0.336 e. The number of carboxylic acids is 1. The Morgan fingerprint density at radius 3 is 3.00 bits per heavy atom.